The third-order valence-corrected chi connectivity index (χ3v) is 5.43. The van der Waals surface area contributed by atoms with Gasteiger partial charge in [0.05, 0.1) is 23.3 Å². The molecule has 0 atom stereocenters. The molecule has 0 aliphatic carbocycles. The molecule has 4 nitrogen and oxygen atoms in total. The summed E-state index contributed by atoms with van der Waals surface area (Å²) in [5, 5.41) is 1.35. The first-order valence-electron chi connectivity index (χ1n) is 6.62. The Labute approximate surface area is 133 Å². The molecule has 0 bridgehead atoms. The maximum absolute atomic E-state index is 12.5. The zero-order valence-corrected chi connectivity index (χ0v) is 13.4. The van der Waals surface area contributed by atoms with E-state index >= 15 is 0 Å². The van der Waals surface area contributed by atoms with Gasteiger partial charge in [0, 0.05) is 16.6 Å². The number of methoxy groups -OCH3 is 1. The predicted octanol–water partition coefficient (Wildman–Crippen LogP) is 3.80. The fourth-order valence-corrected chi connectivity index (χ4v) is 3.90. The van der Waals surface area contributed by atoms with E-state index in [1.54, 1.807) is 25.4 Å². The first-order valence-corrected chi connectivity index (χ1v) is 8.65. The van der Waals surface area contributed by atoms with Crippen LogP contribution in [0.5, 0.6) is 5.75 Å². The van der Waals surface area contributed by atoms with Gasteiger partial charge in [-0.15, -0.1) is 0 Å². The van der Waals surface area contributed by atoms with Gasteiger partial charge in [-0.3, -0.25) is 0 Å². The molecule has 1 aromatic heterocycles. The van der Waals surface area contributed by atoms with Crippen LogP contribution >= 0.6 is 11.6 Å². The molecule has 1 heterocycles. The average molecular weight is 336 g/mol. The van der Waals surface area contributed by atoms with Crippen LogP contribution in [-0.2, 0) is 15.6 Å². The summed E-state index contributed by atoms with van der Waals surface area (Å²) in [6.07, 6.45) is 1.71. The SMILES string of the molecule is COc1cccc2c(CS(=O)(=O)c3ccc(Cl)cc3)c[nH]c12. The maximum atomic E-state index is 12.5. The first kappa shape index (κ1) is 14.9. The summed E-state index contributed by atoms with van der Waals surface area (Å²) >= 11 is 5.80. The van der Waals surface area contributed by atoms with Crippen molar-refractivity contribution >= 4 is 32.3 Å². The lowest BCUT2D eigenvalue weighted by Gasteiger charge is -2.05. The van der Waals surface area contributed by atoms with E-state index in [1.165, 1.54) is 12.1 Å². The zero-order valence-electron chi connectivity index (χ0n) is 11.8. The van der Waals surface area contributed by atoms with Gasteiger partial charge in [0.1, 0.15) is 5.75 Å². The Morgan fingerprint density at radius 2 is 1.86 bits per heavy atom. The quantitative estimate of drug-likeness (QED) is 0.788. The highest BCUT2D eigenvalue weighted by Crippen LogP contribution is 2.29. The van der Waals surface area contributed by atoms with E-state index in [4.69, 9.17) is 16.3 Å². The van der Waals surface area contributed by atoms with Crippen molar-refractivity contribution in [2.45, 2.75) is 10.6 Å². The van der Waals surface area contributed by atoms with E-state index < -0.39 is 9.84 Å². The fourth-order valence-electron chi connectivity index (χ4n) is 2.40. The van der Waals surface area contributed by atoms with Crippen LogP contribution in [-0.4, -0.2) is 20.5 Å². The molecule has 22 heavy (non-hydrogen) atoms. The van der Waals surface area contributed by atoms with Gasteiger partial charge in [-0.25, -0.2) is 8.42 Å². The minimum Gasteiger partial charge on any atom is -0.495 e. The van der Waals surface area contributed by atoms with Crippen LogP contribution in [0.1, 0.15) is 5.56 Å². The number of fused-ring (bicyclic) bond motifs is 1. The predicted molar refractivity (Wildman–Crippen MR) is 87.2 cm³/mol. The standard InChI is InChI=1S/C16H14ClNO3S/c1-21-15-4-2-3-14-11(9-18-16(14)15)10-22(19,20)13-7-5-12(17)6-8-13/h2-9,18H,10H2,1H3. The molecule has 1 N–H and O–H groups in total. The number of sulfone groups is 1. The minimum absolute atomic E-state index is 0.0815. The fraction of sp³-hybridized carbons (Fsp3) is 0.125. The van der Waals surface area contributed by atoms with Crippen molar-refractivity contribution in [2.24, 2.45) is 0 Å². The molecular weight excluding hydrogens is 322 g/mol. The molecule has 0 aliphatic rings. The van der Waals surface area contributed by atoms with Crippen molar-refractivity contribution in [3.8, 4) is 5.75 Å². The number of aromatic amines is 1. The lowest BCUT2D eigenvalue weighted by Crippen LogP contribution is -2.04. The van der Waals surface area contributed by atoms with E-state index in [2.05, 4.69) is 4.98 Å². The molecule has 0 amide bonds. The van der Waals surface area contributed by atoms with Crippen LogP contribution in [0.2, 0.25) is 5.02 Å². The number of H-pyrrole nitrogens is 1. The highest BCUT2D eigenvalue weighted by molar-refractivity contribution is 7.90. The number of nitrogens with one attached hydrogen (secondary N) is 1. The van der Waals surface area contributed by atoms with Crippen molar-refractivity contribution < 1.29 is 13.2 Å². The van der Waals surface area contributed by atoms with E-state index in [9.17, 15) is 8.42 Å². The topological polar surface area (TPSA) is 59.2 Å². The molecule has 0 fully saturated rings. The number of aromatic nitrogens is 1. The van der Waals surface area contributed by atoms with Crippen LogP contribution in [0, 0.1) is 0 Å². The average Bonchev–Trinajstić information content (AvgIpc) is 2.90. The molecule has 0 saturated carbocycles. The van der Waals surface area contributed by atoms with Crippen LogP contribution in [0.4, 0.5) is 0 Å². The number of hydrogen-bond acceptors (Lipinski definition) is 3. The van der Waals surface area contributed by atoms with Crippen molar-refractivity contribution in [3.05, 3.63) is 59.2 Å². The Bertz CT molecular complexity index is 914. The second kappa shape index (κ2) is 5.66. The molecule has 3 rings (SSSR count). The van der Waals surface area contributed by atoms with Crippen LogP contribution < -0.4 is 4.74 Å². The Morgan fingerprint density at radius 3 is 2.55 bits per heavy atom. The summed E-state index contributed by atoms with van der Waals surface area (Å²) in [4.78, 5) is 3.34. The van der Waals surface area contributed by atoms with Crippen molar-refractivity contribution in [1.82, 2.24) is 4.98 Å². The zero-order chi connectivity index (χ0) is 15.7. The monoisotopic (exact) mass is 335 g/mol. The number of para-hydroxylation sites is 1. The Morgan fingerprint density at radius 1 is 1.14 bits per heavy atom. The van der Waals surface area contributed by atoms with Gasteiger partial charge in [-0.2, -0.15) is 0 Å². The maximum Gasteiger partial charge on any atom is 0.182 e. The van der Waals surface area contributed by atoms with E-state index in [-0.39, 0.29) is 10.6 Å². The van der Waals surface area contributed by atoms with E-state index in [0.717, 1.165) is 10.9 Å². The summed E-state index contributed by atoms with van der Waals surface area (Å²) in [7, 11) is -1.85. The normalized spacial score (nSPS) is 11.7. The van der Waals surface area contributed by atoms with Crippen molar-refractivity contribution in [3.63, 3.8) is 0 Å². The molecule has 2 aromatic carbocycles. The third-order valence-electron chi connectivity index (χ3n) is 3.50. The highest BCUT2D eigenvalue weighted by atomic mass is 35.5. The first-order chi connectivity index (χ1) is 10.5. The van der Waals surface area contributed by atoms with Gasteiger partial charge < -0.3 is 9.72 Å². The van der Waals surface area contributed by atoms with Gasteiger partial charge in [-0.05, 0) is 35.9 Å². The van der Waals surface area contributed by atoms with E-state index in [0.29, 0.717) is 16.3 Å². The van der Waals surface area contributed by atoms with Gasteiger partial charge in [0.2, 0.25) is 0 Å². The molecule has 0 saturated heterocycles. The lowest BCUT2D eigenvalue weighted by molar-refractivity contribution is 0.419. The summed E-state index contributed by atoms with van der Waals surface area (Å²) in [6.45, 7) is 0. The highest BCUT2D eigenvalue weighted by Gasteiger charge is 2.18. The second-order valence-corrected chi connectivity index (χ2v) is 7.34. The summed E-state index contributed by atoms with van der Waals surface area (Å²) in [5.74, 6) is 0.606. The Kier molecular flexibility index (Phi) is 3.85. The lowest BCUT2D eigenvalue weighted by atomic mass is 10.2. The number of halogens is 1. The van der Waals surface area contributed by atoms with Crippen LogP contribution in [0.3, 0.4) is 0 Å². The van der Waals surface area contributed by atoms with Crippen LogP contribution in [0.25, 0.3) is 10.9 Å². The molecular formula is C16H14ClNO3S. The summed E-state index contributed by atoms with van der Waals surface area (Å²) in [6, 6.07) is 11.7. The summed E-state index contributed by atoms with van der Waals surface area (Å²) in [5.41, 5.74) is 1.51. The third kappa shape index (κ3) is 2.69. The Hall–Kier alpha value is -1.98. The van der Waals surface area contributed by atoms with Gasteiger partial charge in [0.25, 0.3) is 0 Å². The molecule has 0 aliphatic heterocycles. The van der Waals surface area contributed by atoms with Crippen molar-refractivity contribution in [1.29, 1.82) is 0 Å². The van der Waals surface area contributed by atoms with Gasteiger partial charge >= 0.3 is 0 Å². The molecule has 6 heteroatoms. The molecule has 114 valence electrons. The van der Waals surface area contributed by atoms with E-state index in [1.807, 2.05) is 18.2 Å². The Balaban J connectivity index is 2.01. The number of benzene rings is 2. The molecule has 0 radical (unpaired) electrons. The molecule has 0 unspecified atom stereocenters. The van der Waals surface area contributed by atoms with Crippen molar-refractivity contribution in [2.75, 3.05) is 7.11 Å². The van der Waals surface area contributed by atoms with Gasteiger partial charge in [-0.1, -0.05) is 23.7 Å². The largest absolute Gasteiger partial charge is 0.495 e. The number of ether oxygens (including phenoxy) is 1. The smallest absolute Gasteiger partial charge is 0.182 e. The second-order valence-electron chi connectivity index (χ2n) is 4.91. The summed E-state index contributed by atoms with van der Waals surface area (Å²) < 4.78 is 30.3. The number of rotatable bonds is 4. The number of hydrogen-bond donors (Lipinski definition) is 1. The molecule has 3 aromatic rings. The minimum atomic E-state index is -3.43. The van der Waals surface area contributed by atoms with Gasteiger partial charge in [0.15, 0.2) is 9.84 Å². The van der Waals surface area contributed by atoms with Crippen LogP contribution in [0.15, 0.2) is 53.6 Å². The molecule has 0 spiro atoms.